The third kappa shape index (κ3) is 12.6. The fraction of sp³-hybridized carbons (Fsp3) is 0.643. The number of hydrogen-bond acceptors (Lipinski definition) is 5. The van der Waals surface area contributed by atoms with Crippen LogP contribution in [0.4, 0.5) is 0 Å². The predicted octanol–water partition coefficient (Wildman–Crippen LogP) is 7.64. The highest BCUT2D eigenvalue weighted by Crippen LogP contribution is 2.21. The lowest BCUT2D eigenvalue weighted by molar-refractivity contribution is 0.127. The zero-order valence-electron chi connectivity index (χ0n) is 20.9. The van der Waals surface area contributed by atoms with Crippen molar-refractivity contribution in [2.45, 2.75) is 90.9 Å². The Morgan fingerprint density at radius 2 is 1.09 bits per heavy atom. The average Bonchev–Trinajstić information content (AvgIpc) is 2.85. The minimum Gasteiger partial charge on any atom is -0.494 e. The summed E-state index contributed by atoms with van der Waals surface area (Å²) in [5, 5.41) is 0. The minimum atomic E-state index is 0.656. The van der Waals surface area contributed by atoms with Crippen molar-refractivity contribution in [3.63, 3.8) is 0 Å². The second-order valence-corrected chi connectivity index (χ2v) is 8.61. The Morgan fingerprint density at radius 1 is 0.545 bits per heavy atom. The molecule has 5 heteroatoms. The largest absolute Gasteiger partial charge is 0.494 e. The number of benzene rings is 1. The lowest BCUT2D eigenvalue weighted by atomic mass is 10.1. The lowest BCUT2D eigenvalue weighted by Gasteiger charge is -2.08. The van der Waals surface area contributed by atoms with Crippen molar-refractivity contribution in [3.05, 3.63) is 36.7 Å². The Hall–Kier alpha value is -2.14. The molecule has 2 rings (SSSR count). The number of rotatable bonds is 20. The molecule has 0 aliphatic carbocycles. The van der Waals surface area contributed by atoms with E-state index in [1.165, 1.54) is 51.4 Å². The molecule has 0 radical (unpaired) electrons. The number of nitrogens with zero attached hydrogens (tertiary/aromatic N) is 2. The van der Waals surface area contributed by atoms with Gasteiger partial charge >= 0.3 is 0 Å². The highest BCUT2D eigenvalue weighted by atomic mass is 16.5. The third-order valence-electron chi connectivity index (χ3n) is 5.56. The summed E-state index contributed by atoms with van der Waals surface area (Å²) in [5.74, 6) is 2.30. The molecule has 0 fully saturated rings. The Balaban J connectivity index is 1.58. The summed E-state index contributed by atoms with van der Waals surface area (Å²) in [7, 11) is 0. The maximum atomic E-state index is 5.89. The average molecular weight is 457 g/mol. The maximum absolute atomic E-state index is 5.89. The molecule has 1 aromatic heterocycles. The quantitative estimate of drug-likeness (QED) is 0.192. The van der Waals surface area contributed by atoms with Gasteiger partial charge in [-0.05, 0) is 49.9 Å². The van der Waals surface area contributed by atoms with Crippen molar-refractivity contribution >= 4 is 0 Å². The fourth-order valence-corrected chi connectivity index (χ4v) is 3.59. The minimum absolute atomic E-state index is 0.656. The standard InChI is InChI=1S/C28H44N2O3/c1-3-5-6-7-8-9-10-11-12-21-32-26-17-15-25(16-18-26)28-29-23-27(24-30-28)33-22-14-13-20-31-19-4-2/h15-18,23-24H,3-14,19-22H2,1-2H3. The molecule has 0 spiro atoms. The van der Waals surface area contributed by atoms with Gasteiger partial charge in [-0.2, -0.15) is 0 Å². The van der Waals surface area contributed by atoms with Crippen molar-refractivity contribution in [1.29, 1.82) is 0 Å². The number of aromatic nitrogens is 2. The van der Waals surface area contributed by atoms with Gasteiger partial charge in [0.2, 0.25) is 0 Å². The summed E-state index contributed by atoms with van der Waals surface area (Å²) in [6.45, 7) is 7.46. The summed E-state index contributed by atoms with van der Waals surface area (Å²) in [6, 6.07) is 8.02. The Labute approximate surface area is 201 Å². The van der Waals surface area contributed by atoms with E-state index in [4.69, 9.17) is 14.2 Å². The van der Waals surface area contributed by atoms with Crippen molar-refractivity contribution in [3.8, 4) is 22.9 Å². The fourth-order valence-electron chi connectivity index (χ4n) is 3.59. The summed E-state index contributed by atoms with van der Waals surface area (Å²) in [4.78, 5) is 8.89. The van der Waals surface area contributed by atoms with E-state index in [1.54, 1.807) is 12.4 Å². The van der Waals surface area contributed by atoms with Crippen molar-refractivity contribution in [2.75, 3.05) is 26.4 Å². The summed E-state index contributed by atoms with van der Waals surface area (Å²) in [5.41, 5.74) is 0.977. The zero-order chi connectivity index (χ0) is 23.4. The van der Waals surface area contributed by atoms with Gasteiger partial charge in [-0.15, -0.1) is 0 Å². The summed E-state index contributed by atoms with van der Waals surface area (Å²) >= 11 is 0. The maximum Gasteiger partial charge on any atom is 0.159 e. The Kier molecular flexibility index (Phi) is 15.0. The van der Waals surface area contributed by atoms with Crippen LogP contribution in [0, 0.1) is 0 Å². The molecule has 0 aliphatic rings. The second-order valence-electron chi connectivity index (χ2n) is 8.61. The number of unbranched alkanes of at least 4 members (excludes halogenated alkanes) is 9. The molecule has 1 heterocycles. The van der Waals surface area contributed by atoms with E-state index in [0.717, 1.165) is 56.8 Å². The molecule has 0 bridgehead atoms. The van der Waals surface area contributed by atoms with E-state index in [1.807, 2.05) is 24.3 Å². The van der Waals surface area contributed by atoms with E-state index in [9.17, 15) is 0 Å². The first-order chi connectivity index (χ1) is 16.3. The molecule has 0 N–H and O–H groups in total. The van der Waals surface area contributed by atoms with Gasteiger partial charge in [0.1, 0.15) is 5.75 Å². The van der Waals surface area contributed by atoms with Gasteiger partial charge in [0.25, 0.3) is 0 Å². The van der Waals surface area contributed by atoms with Crippen LogP contribution in [0.15, 0.2) is 36.7 Å². The van der Waals surface area contributed by atoms with Gasteiger partial charge in [0.05, 0.1) is 25.6 Å². The molecule has 0 saturated carbocycles. The topological polar surface area (TPSA) is 53.5 Å². The highest BCUT2D eigenvalue weighted by Gasteiger charge is 2.03. The van der Waals surface area contributed by atoms with Crippen LogP contribution in [-0.2, 0) is 4.74 Å². The van der Waals surface area contributed by atoms with Gasteiger partial charge in [0.15, 0.2) is 11.6 Å². The molecule has 0 amide bonds. The molecule has 1 aromatic carbocycles. The molecule has 2 aromatic rings. The van der Waals surface area contributed by atoms with Gasteiger partial charge in [-0.25, -0.2) is 9.97 Å². The number of hydrogen-bond donors (Lipinski definition) is 0. The van der Waals surface area contributed by atoms with E-state index in [0.29, 0.717) is 18.2 Å². The SMILES string of the molecule is CCCCCCCCCCCOc1ccc(-c2ncc(OCCCCOCCC)cn2)cc1. The van der Waals surface area contributed by atoms with Crippen LogP contribution in [0.1, 0.15) is 90.9 Å². The van der Waals surface area contributed by atoms with Gasteiger partial charge < -0.3 is 14.2 Å². The molecule has 184 valence electrons. The van der Waals surface area contributed by atoms with Crippen LogP contribution in [-0.4, -0.2) is 36.4 Å². The van der Waals surface area contributed by atoms with Crippen LogP contribution in [0.3, 0.4) is 0 Å². The summed E-state index contributed by atoms with van der Waals surface area (Å²) < 4.78 is 17.1. The molecule has 0 atom stereocenters. The summed E-state index contributed by atoms with van der Waals surface area (Å²) in [6.07, 6.45) is 18.4. The molecule has 0 saturated heterocycles. The Bertz CT molecular complexity index is 704. The smallest absolute Gasteiger partial charge is 0.159 e. The molecule has 33 heavy (non-hydrogen) atoms. The molecular formula is C28H44N2O3. The van der Waals surface area contributed by atoms with Crippen LogP contribution in [0.25, 0.3) is 11.4 Å². The normalized spacial score (nSPS) is 11.0. The monoisotopic (exact) mass is 456 g/mol. The molecule has 0 aliphatic heterocycles. The molecular weight excluding hydrogens is 412 g/mol. The highest BCUT2D eigenvalue weighted by molar-refractivity contribution is 5.56. The predicted molar refractivity (Wildman–Crippen MR) is 136 cm³/mol. The number of ether oxygens (including phenoxy) is 3. The lowest BCUT2D eigenvalue weighted by Crippen LogP contribution is -2.02. The van der Waals surface area contributed by atoms with E-state index in [-0.39, 0.29) is 0 Å². The van der Waals surface area contributed by atoms with Crippen LogP contribution < -0.4 is 9.47 Å². The zero-order valence-corrected chi connectivity index (χ0v) is 20.9. The van der Waals surface area contributed by atoms with Crippen molar-refractivity contribution in [1.82, 2.24) is 9.97 Å². The van der Waals surface area contributed by atoms with Crippen molar-refractivity contribution in [2.24, 2.45) is 0 Å². The first-order valence-corrected chi connectivity index (χ1v) is 13.1. The molecule has 5 nitrogen and oxygen atoms in total. The first-order valence-electron chi connectivity index (χ1n) is 13.1. The van der Waals surface area contributed by atoms with Crippen LogP contribution in [0.5, 0.6) is 11.5 Å². The third-order valence-corrected chi connectivity index (χ3v) is 5.56. The van der Waals surface area contributed by atoms with E-state index in [2.05, 4.69) is 23.8 Å². The van der Waals surface area contributed by atoms with Crippen molar-refractivity contribution < 1.29 is 14.2 Å². The van der Waals surface area contributed by atoms with E-state index < -0.39 is 0 Å². The van der Waals surface area contributed by atoms with Crippen LogP contribution in [0.2, 0.25) is 0 Å². The van der Waals surface area contributed by atoms with Gasteiger partial charge in [-0.1, -0.05) is 65.2 Å². The molecule has 0 unspecified atom stereocenters. The van der Waals surface area contributed by atoms with Gasteiger partial charge in [0, 0.05) is 18.8 Å². The second kappa shape index (κ2) is 18.3. The van der Waals surface area contributed by atoms with Gasteiger partial charge in [-0.3, -0.25) is 0 Å². The Morgan fingerprint density at radius 3 is 1.73 bits per heavy atom. The van der Waals surface area contributed by atoms with E-state index >= 15 is 0 Å². The van der Waals surface area contributed by atoms with Crippen LogP contribution >= 0.6 is 0 Å². The first kappa shape index (κ1) is 27.1.